The molecule has 0 heterocycles. The van der Waals surface area contributed by atoms with E-state index in [2.05, 4.69) is 30.6 Å². The van der Waals surface area contributed by atoms with Crippen molar-refractivity contribution in [2.24, 2.45) is 5.92 Å². The first-order valence-corrected chi connectivity index (χ1v) is 5.63. The number of amides is 1. The number of carboxylic acid groups (broad SMARTS) is 1. The predicted molar refractivity (Wildman–Crippen MR) is 62.4 cm³/mol. The third kappa shape index (κ3) is 4.76. The number of aliphatic hydroxyl groups is 1. The number of rotatable bonds is 6. The highest BCUT2D eigenvalue weighted by molar-refractivity contribution is 7.81. The molecule has 0 fully saturated rings. The standard InChI is InChI=1S/C8H15NO4S2/c1-4(10)6(8(12)13)9-7(11)5(2-14)3-15/h4-6,10,14-15H,2-3H2,1H3,(H,9,11)(H,12,13)/t4?,6-/m0/s1. The number of carboxylic acids is 1. The molecule has 0 aliphatic heterocycles. The van der Waals surface area contributed by atoms with Crippen LogP contribution >= 0.6 is 25.3 Å². The van der Waals surface area contributed by atoms with Crippen molar-refractivity contribution in [2.75, 3.05) is 11.5 Å². The van der Waals surface area contributed by atoms with Gasteiger partial charge >= 0.3 is 5.97 Å². The van der Waals surface area contributed by atoms with Gasteiger partial charge in [0.05, 0.1) is 12.0 Å². The van der Waals surface area contributed by atoms with Gasteiger partial charge in [0.25, 0.3) is 0 Å². The Balaban J connectivity index is 4.41. The number of aliphatic hydroxyl groups excluding tert-OH is 1. The summed E-state index contributed by atoms with van der Waals surface area (Å²) < 4.78 is 0. The first kappa shape index (κ1) is 14.6. The van der Waals surface area contributed by atoms with Gasteiger partial charge in [0.2, 0.25) is 5.91 Å². The second-order valence-corrected chi connectivity index (χ2v) is 3.86. The summed E-state index contributed by atoms with van der Waals surface area (Å²) in [5, 5.41) is 20.1. The Morgan fingerprint density at radius 1 is 1.33 bits per heavy atom. The molecule has 88 valence electrons. The minimum absolute atomic E-state index is 0.279. The zero-order valence-electron chi connectivity index (χ0n) is 8.25. The molecule has 1 amide bonds. The van der Waals surface area contributed by atoms with Gasteiger partial charge in [-0.15, -0.1) is 0 Å². The van der Waals surface area contributed by atoms with Crippen molar-refractivity contribution in [1.29, 1.82) is 0 Å². The van der Waals surface area contributed by atoms with E-state index in [4.69, 9.17) is 10.2 Å². The Labute approximate surface area is 99.1 Å². The smallest absolute Gasteiger partial charge is 0.328 e. The molecule has 0 aromatic rings. The molecule has 0 saturated heterocycles. The van der Waals surface area contributed by atoms with E-state index in [1.54, 1.807) is 0 Å². The van der Waals surface area contributed by atoms with Crippen molar-refractivity contribution in [3.05, 3.63) is 0 Å². The fourth-order valence-corrected chi connectivity index (χ4v) is 1.68. The van der Waals surface area contributed by atoms with E-state index in [0.29, 0.717) is 0 Å². The van der Waals surface area contributed by atoms with Crippen LogP contribution in [0.15, 0.2) is 0 Å². The highest BCUT2D eigenvalue weighted by Crippen LogP contribution is 2.04. The molecule has 0 spiro atoms. The van der Waals surface area contributed by atoms with Gasteiger partial charge in [-0.25, -0.2) is 4.79 Å². The van der Waals surface area contributed by atoms with Crippen LogP contribution in [-0.2, 0) is 9.59 Å². The first-order valence-electron chi connectivity index (χ1n) is 4.37. The molecule has 0 bridgehead atoms. The molecule has 7 heteroatoms. The van der Waals surface area contributed by atoms with Gasteiger partial charge in [-0.3, -0.25) is 4.79 Å². The minimum atomic E-state index is -1.29. The second kappa shape index (κ2) is 6.97. The first-order chi connectivity index (χ1) is 6.93. The van der Waals surface area contributed by atoms with E-state index >= 15 is 0 Å². The van der Waals surface area contributed by atoms with E-state index in [1.807, 2.05) is 0 Å². The molecular weight excluding hydrogens is 238 g/mol. The van der Waals surface area contributed by atoms with Crippen LogP contribution in [0.1, 0.15) is 6.92 Å². The Kier molecular flexibility index (Phi) is 6.78. The molecule has 0 aliphatic carbocycles. The lowest BCUT2D eigenvalue weighted by atomic mass is 10.1. The van der Waals surface area contributed by atoms with Gasteiger partial charge in [0, 0.05) is 11.5 Å². The summed E-state index contributed by atoms with van der Waals surface area (Å²) in [4.78, 5) is 22.1. The van der Waals surface area contributed by atoms with Crippen LogP contribution < -0.4 is 5.32 Å². The summed E-state index contributed by atoms with van der Waals surface area (Å²) in [5.74, 6) is -1.64. The van der Waals surface area contributed by atoms with Gasteiger partial charge in [-0.2, -0.15) is 25.3 Å². The van der Waals surface area contributed by atoms with Crippen LogP contribution in [0.3, 0.4) is 0 Å². The van der Waals surface area contributed by atoms with Crippen molar-refractivity contribution in [2.45, 2.75) is 19.1 Å². The van der Waals surface area contributed by atoms with E-state index in [1.165, 1.54) is 6.92 Å². The van der Waals surface area contributed by atoms with Crippen molar-refractivity contribution in [1.82, 2.24) is 5.32 Å². The molecule has 3 N–H and O–H groups in total. The molecular formula is C8H15NO4S2. The topological polar surface area (TPSA) is 86.6 Å². The maximum Gasteiger partial charge on any atom is 0.328 e. The Hall–Kier alpha value is -0.400. The highest BCUT2D eigenvalue weighted by Gasteiger charge is 2.27. The van der Waals surface area contributed by atoms with Crippen LogP contribution in [0.2, 0.25) is 0 Å². The summed E-state index contributed by atoms with van der Waals surface area (Å²) in [6.45, 7) is 1.30. The van der Waals surface area contributed by atoms with E-state index < -0.39 is 29.9 Å². The fourth-order valence-electron chi connectivity index (χ4n) is 0.883. The summed E-state index contributed by atoms with van der Waals surface area (Å²) in [5.41, 5.74) is 0. The maximum atomic E-state index is 11.4. The van der Waals surface area contributed by atoms with Gasteiger partial charge in [0.15, 0.2) is 6.04 Å². The number of hydrogen-bond acceptors (Lipinski definition) is 5. The normalized spacial score (nSPS) is 14.7. The maximum absolute atomic E-state index is 11.4. The van der Waals surface area contributed by atoms with Crippen LogP contribution in [0, 0.1) is 5.92 Å². The van der Waals surface area contributed by atoms with E-state index in [9.17, 15) is 9.59 Å². The minimum Gasteiger partial charge on any atom is -0.480 e. The molecule has 0 aromatic carbocycles. The summed E-state index contributed by atoms with van der Waals surface area (Å²) >= 11 is 7.88. The van der Waals surface area contributed by atoms with E-state index in [-0.39, 0.29) is 11.5 Å². The van der Waals surface area contributed by atoms with Crippen molar-refractivity contribution >= 4 is 37.1 Å². The van der Waals surface area contributed by atoms with Crippen molar-refractivity contribution in [3.63, 3.8) is 0 Å². The molecule has 5 nitrogen and oxygen atoms in total. The second-order valence-electron chi connectivity index (χ2n) is 3.13. The molecule has 1 unspecified atom stereocenters. The molecule has 0 saturated carbocycles. The van der Waals surface area contributed by atoms with Gasteiger partial charge < -0.3 is 15.5 Å². The molecule has 0 aliphatic rings. The van der Waals surface area contributed by atoms with Crippen LogP contribution in [0.4, 0.5) is 0 Å². The number of carbonyl (C=O) groups is 2. The van der Waals surface area contributed by atoms with Gasteiger partial charge in [0.1, 0.15) is 0 Å². The number of thiol groups is 2. The Bertz CT molecular complexity index is 231. The van der Waals surface area contributed by atoms with Gasteiger partial charge in [-0.1, -0.05) is 0 Å². The lowest BCUT2D eigenvalue weighted by Crippen LogP contribution is -2.50. The highest BCUT2D eigenvalue weighted by atomic mass is 32.1. The average molecular weight is 253 g/mol. The number of nitrogens with one attached hydrogen (secondary N) is 1. The SMILES string of the molecule is CC(O)[C@H](NC(=O)C(CS)CS)C(=O)O. The molecule has 0 rings (SSSR count). The quantitative estimate of drug-likeness (QED) is 0.410. The Morgan fingerprint density at radius 2 is 1.80 bits per heavy atom. The third-order valence-electron chi connectivity index (χ3n) is 1.86. The average Bonchev–Trinajstić information content (AvgIpc) is 2.15. The molecule has 0 radical (unpaired) electrons. The van der Waals surface area contributed by atoms with Crippen molar-refractivity contribution in [3.8, 4) is 0 Å². The van der Waals surface area contributed by atoms with Crippen LogP contribution in [0.5, 0.6) is 0 Å². The molecule has 15 heavy (non-hydrogen) atoms. The van der Waals surface area contributed by atoms with E-state index in [0.717, 1.165) is 0 Å². The van der Waals surface area contributed by atoms with Crippen molar-refractivity contribution < 1.29 is 19.8 Å². The molecule has 0 aromatic heterocycles. The lowest BCUT2D eigenvalue weighted by molar-refractivity contribution is -0.145. The zero-order chi connectivity index (χ0) is 12.0. The summed E-state index contributed by atoms with van der Waals surface area (Å²) in [6, 6.07) is -1.29. The number of aliphatic carboxylic acids is 1. The van der Waals surface area contributed by atoms with Crippen LogP contribution in [-0.4, -0.2) is 45.7 Å². The number of hydrogen-bond donors (Lipinski definition) is 5. The van der Waals surface area contributed by atoms with Crippen LogP contribution in [0.25, 0.3) is 0 Å². The largest absolute Gasteiger partial charge is 0.480 e. The molecule has 2 atom stereocenters. The predicted octanol–water partition coefficient (Wildman–Crippen LogP) is -0.588. The summed E-state index contributed by atoms with van der Waals surface area (Å²) in [7, 11) is 0. The third-order valence-corrected chi connectivity index (χ3v) is 2.74. The zero-order valence-corrected chi connectivity index (χ0v) is 10.0. The lowest BCUT2D eigenvalue weighted by Gasteiger charge is -2.19. The number of carbonyl (C=O) groups excluding carboxylic acids is 1. The van der Waals surface area contributed by atoms with Gasteiger partial charge in [-0.05, 0) is 6.92 Å². The Morgan fingerprint density at radius 3 is 2.07 bits per heavy atom. The fraction of sp³-hybridized carbons (Fsp3) is 0.750. The summed E-state index contributed by atoms with van der Waals surface area (Å²) in [6.07, 6.45) is -1.15. The monoisotopic (exact) mass is 253 g/mol.